The van der Waals surface area contributed by atoms with Gasteiger partial charge < -0.3 is 546 Å². The fourth-order valence-electron chi connectivity index (χ4n) is 0.408. The van der Waals surface area contributed by atoms with Crippen LogP contribution in [-0.4, -0.2) is 563 Å². The van der Waals surface area contributed by atoms with E-state index in [1.54, 1.807) is 0 Å². The van der Waals surface area contributed by atoms with Crippen molar-refractivity contribution in [3.05, 3.63) is 0 Å². The van der Waals surface area contributed by atoms with Crippen molar-refractivity contribution in [1.82, 2.24) is 0 Å². The zero-order valence-corrected chi connectivity index (χ0v) is 56.6. The van der Waals surface area contributed by atoms with Gasteiger partial charge in [0.2, 0.25) is 0 Å². The summed E-state index contributed by atoms with van der Waals surface area (Å²) >= 11 is 0. The third-order valence-electron chi connectivity index (χ3n) is 0.816. The molecule has 0 aromatic rings. The van der Waals surface area contributed by atoms with Crippen molar-refractivity contribution in [2.75, 3.05) is 26.4 Å². The van der Waals surface area contributed by atoms with Gasteiger partial charge in [-0.2, -0.15) is 0 Å². The molecule has 0 aromatic carbocycles. The molecule has 0 saturated heterocycles. The number of rotatable bonds is 4. The van der Waals surface area contributed by atoms with Gasteiger partial charge in [-0.25, -0.2) is 0 Å². The smallest absolute Gasteiger partial charge is 0.0437 e. The molecule has 0 fully saturated rings. The minimum atomic E-state index is 0. The van der Waals surface area contributed by atoms with Crippen molar-refractivity contribution in [1.29, 1.82) is 0 Å². The first kappa shape index (κ1) is 69000. The molecule has 0 unspecified atom stereocenters. The molecule has 100 nitrogen and oxygen atoms in total. The fourth-order valence-corrected chi connectivity index (χ4v) is 0.408. The second kappa shape index (κ2) is 268000. The van der Waals surface area contributed by atoms with Gasteiger partial charge in [0.1, 0.15) is 0 Å². The second-order valence-corrected chi connectivity index (χ2v) is 1.56. The van der Waals surface area contributed by atoms with Gasteiger partial charge >= 0.3 is 0 Å². The Morgan fingerprint density at radius 3 is 0.0833 bits per heavy atom. The summed E-state index contributed by atoms with van der Waals surface area (Å²) in [5.41, 5.74) is 0. The first-order chi connectivity index (χ1) is 4.83. The van der Waals surface area contributed by atoms with Crippen LogP contribution in [0.1, 0.15) is 27.7 Å². The van der Waals surface area contributed by atoms with E-state index in [4.69, 9.17) is 9.47 Å². The average molecular weight is 1910 g/mol. The zero-order valence-electron chi connectivity index (χ0n) is 56.6. The van der Waals surface area contributed by atoms with E-state index in [0.29, 0.717) is 0 Å². The van der Waals surface area contributed by atoms with Crippen LogP contribution < -0.4 is 0 Å². The highest BCUT2D eigenvalue weighted by Gasteiger charge is 1.64. The van der Waals surface area contributed by atoms with Crippen LogP contribution in [0, 0.1) is 0 Å². The summed E-state index contributed by atoms with van der Waals surface area (Å²) in [7, 11) is 0. The average Bonchev–Trinajstić information content (AvgIpc) is 1.93. The minimum absolute atomic E-state index is 0. The second-order valence-electron chi connectivity index (χ2n) is 1.56. The van der Waals surface area contributed by atoms with Crippen LogP contribution in [0.2, 0.25) is 0 Å². The molecule has 0 spiro atoms. The number of hydrogen-bond acceptors (Lipinski definition) is 2. The largest absolute Gasteiger partial charge is 0.412 e. The van der Waals surface area contributed by atoms with E-state index in [0.717, 1.165) is 26.4 Å². The van der Waals surface area contributed by atoms with E-state index in [-0.39, 0.29) is 537 Å². The predicted octanol–water partition coefficient (Wildman–Crippen LogP) is -78.7. The summed E-state index contributed by atoms with van der Waals surface area (Å²) in [6, 6.07) is 0. The van der Waals surface area contributed by atoms with Crippen molar-refractivity contribution in [3.8, 4) is 0 Å². The van der Waals surface area contributed by atoms with Crippen LogP contribution in [-0.2, 0) is 9.47 Å². The topological polar surface area (TPSA) is 3110 Å². The lowest BCUT2D eigenvalue weighted by Gasteiger charge is -1.86. The van der Waals surface area contributed by atoms with Crippen molar-refractivity contribution in [3.63, 3.8) is 0 Å². The quantitative estimate of drug-likeness (QED) is 0.265. The van der Waals surface area contributed by atoms with Gasteiger partial charge in [-0.05, 0) is 27.7 Å². The summed E-state index contributed by atoms with van der Waals surface area (Å²) in [5.74, 6) is 0. The van der Waals surface area contributed by atoms with Crippen molar-refractivity contribution in [2.24, 2.45) is 0 Å². The molecule has 0 rings (SSSR count). The maximum Gasteiger partial charge on any atom is 0.0437 e. The molecular weight excluding hydrogens is 1700 g/mol. The van der Waals surface area contributed by atoms with Gasteiger partial charge in [0, 0.05) is 26.4 Å². The lowest BCUT2D eigenvalue weighted by atomic mass is 10.8. The maximum absolute atomic E-state index is 4.83. The summed E-state index contributed by atoms with van der Waals surface area (Å²) in [6.45, 7) is 11.3. The van der Waals surface area contributed by atoms with Crippen molar-refractivity contribution in [2.45, 2.75) is 27.7 Å². The Hall–Kier alpha value is -4.00. The molecule has 0 saturated carbocycles. The summed E-state index contributed by atoms with van der Waals surface area (Å²) < 4.78 is 9.67. The van der Waals surface area contributed by atoms with Gasteiger partial charge in [-0.3, -0.25) is 0 Å². The number of hydrogen-bond donors (Lipinski definition) is 0. The first-order valence-corrected chi connectivity index (χ1v) is 3.98. The highest BCUT2D eigenvalue weighted by molar-refractivity contribution is 4.07. The van der Waals surface area contributed by atoms with Crippen molar-refractivity contribution >= 4 is 0 Å². The molecule has 0 bridgehead atoms. The normalized spacial score (nSPS) is 0.778. The molecule has 0 radical (unpaired) electrons. The number of ether oxygens (including phenoxy) is 2. The van der Waals surface area contributed by atoms with Gasteiger partial charge in [-0.15, -0.1) is 0 Å². The van der Waals surface area contributed by atoms with Crippen LogP contribution in [0.3, 0.4) is 0 Å². The summed E-state index contributed by atoms with van der Waals surface area (Å²) in [4.78, 5) is 0. The van der Waals surface area contributed by atoms with E-state index < -0.39 is 0 Å². The van der Waals surface area contributed by atoms with Crippen LogP contribution in [0.25, 0.3) is 0 Å². The highest BCUT2D eigenvalue weighted by atomic mass is 16.5. The third kappa shape index (κ3) is 147000000000000007563999267287728128. The lowest BCUT2D eigenvalue weighted by molar-refractivity contribution is 0.162. The Morgan fingerprint density at radius 2 is 0.0833 bits per heavy atom. The molecule has 0 amide bonds. The zero-order chi connectivity index (χ0) is 8.24. The first-order valence-electron chi connectivity index (χ1n) is 3.98. The molecule has 0 aliphatic rings. The van der Waals surface area contributed by atoms with Crippen LogP contribution in [0.5, 0.6) is 0 Å². The fraction of sp³-hybridized carbons (Fsp3) is 1.00. The molecule has 0 aliphatic carbocycles. The molecule has 848 valence electrons. The van der Waals surface area contributed by atoms with E-state index in [2.05, 4.69) is 0 Å². The lowest BCUT2D eigenvalue weighted by Crippen LogP contribution is -1.84. The van der Waals surface area contributed by atoms with Crippen LogP contribution in [0.4, 0.5) is 0 Å². The van der Waals surface area contributed by atoms with E-state index in [1.165, 1.54) is 0 Å². The van der Waals surface area contributed by atoms with Gasteiger partial charge in [0.15, 0.2) is 0 Å². The summed E-state index contributed by atoms with van der Waals surface area (Å²) in [5, 5.41) is 0. The third-order valence-corrected chi connectivity index (χ3v) is 0.816. The molecule has 0 aliphatic heterocycles. The summed E-state index contributed by atoms with van der Waals surface area (Å²) in [6.07, 6.45) is 0. The molecular formula is C8H216O100. The van der Waals surface area contributed by atoms with E-state index in [1.807, 2.05) is 27.7 Å². The molecule has 0 atom stereocenters. The van der Waals surface area contributed by atoms with E-state index in [9.17, 15) is 0 Å². The Labute approximate surface area is 602 Å². The Kier molecular flexibility index (Phi) is 171000000. The highest BCUT2D eigenvalue weighted by Crippen LogP contribution is 1.65. The Balaban J connectivity index is -0.0000000000634. The van der Waals surface area contributed by atoms with Crippen molar-refractivity contribution < 1.29 is 546 Å². The molecule has 0 aromatic heterocycles. The SMILES string of the molecule is CCOCC.CCOCC.O.O.O.O.O.O.O.O.O.O.O.O.O.O.O.O.O.O.O.O.O.O.O.O.O.O.O.O.O.O.O.O.O.O.O.O.O.O.O.O.O.O.O.O.O.O.O.O.O.O.O.O.O.O.O.O.O.O.O.O.O.O.O.O.O.O.O.O.O.O.O.O.O.O.O.O.O.O.O.O.O.O.O.O.O.O.O.O.O.O.O.O.O.O.O.O.O.O. The molecule has 100 heteroatoms. The van der Waals surface area contributed by atoms with Gasteiger partial charge in [-0.1, -0.05) is 0 Å². The van der Waals surface area contributed by atoms with Crippen LogP contribution >= 0.6 is 0 Å². The molecule has 108 heavy (non-hydrogen) atoms. The molecule has 196 N–H and O–H groups in total. The van der Waals surface area contributed by atoms with E-state index >= 15 is 0 Å². The standard InChI is InChI=1S/2C4H10O.98H2O/c2*1-3-5-4-2;;;;;;;;;;;;;;;;;;;;;;;;;;;;;;;;;;;;;;;;;;;;;;;;;;;;;;;;;;;;;;;;;;;;;;;;;;;;;;;;;;;;;;;;;;;;;;;;;;/h2*3-4H2,1-2H3;98*1H2. The Morgan fingerprint density at radius 1 is 0.0648 bits per heavy atom. The van der Waals surface area contributed by atoms with Crippen LogP contribution in [0.15, 0.2) is 0 Å². The van der Waals surface area contributed by atoms with Gasteiger partial charge in [0.25, 0.3) is 0 Å². The molecule has 0 heterocycles. The Bertz CT molecular complexity index is 62.2. The maximum atomic E-state index is 4.83. The predicted molar refractivity (Wildman–Crippen MR) is 398 cm³/mol. The minimum Gasteiger partial charge on any atom is -0.412 e. The van der Waals surface area contributed by atoms with Gasteiger partial charge in [0.05, 0.1) is 0 Å². The monoisotopic (exact) mass is 1910 g/mol.